The highest BCUT2D eigenvalue weighted by atomic mass is 19.4. The van der Waals surface area contributed by atoms with Crippen LogP contribution in [0.2, 0.25) is 0 Å². The summed E-state index contributed by atoms with van der Waals surface area (Å²) in [4.78, 5) is 16.2. The molecule has 1 aromatic carbocycles. The Labute approximate surface area is 193 Å². The van der Waals surface area contributed by atoms with Gasteiger partial charge >= 0.3 is 6.18 Å². The van der Waals surface area contributed by atoms with Gasteiger partial charge in [-0.1, -0.05) is 33.8 Å². The molecule has 2 aromatic rings. The molecule has 1 atom stereocenters. The van der Waals surface area contributed by atoms with E-state index in [1.54, 1.807) is 25.1 Å². The summed E-state index contributed by atoms with van der Waals surface area (Å²) in [6.07, 6.45) is -1.44. The molecule has 1 heterocycles. The molecule has 2 rings (SSSR count). The highest BCUT2D eigenvalue weighted by Gasteiger charge is 2.35. The van der Waals surface area contributed by atoms with Crippen molar-refractivity contribution in [2.45, 2.75) is 65.6 Å². The second-order valence-electron chi connectivity index (χ2n) is 9.66. The average Bonchev–Trinajstić information content (AvgIpc) is 2.69. The molecule has 8 heteroatoms. The number of anilines is 1. The van der Waals surface area contributed by atoms with Gasteiger partial charge in [0.15, 0.2) is 0 Å². The number of ether oxygens (including phenoxy) is 1. The number of amides is 1. The first-order chi connectivity index (χ1) is 15.3. The van der Waals surface area contributed by atoms with Crippen molar-refractivity contribution in [2.75, 3.05) is 11.9 Å². The topological polar surface area (TPSA) is 77.2 Å². The van der Waals surface area contributed by atoms with Gasteiger partial charge < -0.3 is 15.8 Å². The average molecular weight is 466 g/mol. The van der Waals surface area contributed by atoms with Gasteiger partial charge in [0.2, 0.25) is 5.91 Å². The number of benzene rings is 1. The second kappa shape index (κ2) is 11.0. The summed E-state index contributed by atoms with van der Waals surface area (Å²) in [6.45, 7) is 9.78. The van der Waals surface area contributed by atoms with Crippen molar-refractivity contribution < 1.29 is 22.7 Å². The molecule has 182 valence electrons. The van der Waals surface area contributed by atoms with Crippen LogP contribution in [-0.4, -0.2) is 23.0 Å². The van der Waals surface area contributed by atoms with Crippen LogP contribution in [0, 0.1) is 11.8 Å². The van der Waals surface area contributed by atoms with E-state index in [4.69, 9.17) is 10.5 Å². The number of carbonyl (C=O) groups excluding carboxylic acids is 1. The number of aromatic nitrogens is 1. The first-order valence-electron chi connectivity index (χ1n) is 11.2. The molecule has 0 aliphatic carbocycles. The summed E-state index contributed by atoms with van der Waals surface area (Å²) in [6, 6.07) is 7.07. The van der Waals surface area contributed by atoms with Crippen LogP contribution in [-0.2, 0) is 11.0 Å². The minimum atomic E-state index is -4.60. The maximum Gasteiger partial charge on any atom is 0.419 e. The van der Waals surface area contributed by atoms with Gasteiger partial charge in [0.1, 0.15) is 18.2 Å². The van der Waals surface area contributed by atoms with Crippen LogP contribution in [0.4, 0.5) is 19.0 Å². The number of nitrogens with one attached hydrogen (secondary N) is 1. The van der Waals surface area contributed by atoms with Crippen molar-refractivity contribution in [3.8, 4) is 16.9 Å². The lowest BCUT2D eigenvalue weighted by Crippen LogP contribution is -2.43. The van der Waals surface area contributed by atoms with Crippen molar-refractivity contribution in [1.29, 1.82) is 0 Å². The van der Waals surface area contributed by atoms with Crippen molar-refractivity contribution in [1.82, 2.24) is 4.98 Å². The molecular formula is C25H34F3N3O2. The highest BCUT2D eigenvalue weighted by Crippen LogP contribution is 2.39. The first kappa shape index (κ1) is 26.6. The monoisotopic (exact) mass is 465 g/mol. The number of carbonyl (C=O) groups is 1. The normalized spacial score (nSPS) is 13.8. The lowest BCUT2D eigenvalue weighted by Gasteiger charge is -2.27. The summed E-state index contributed by atoms with van der Waals surface area (Å²) >= 11 is 0. The molecular weight excluding hydrogens is 431 g/mol. The third-order valence-electron chi connectivity index (χ3n) is 5.03. The predicted molar refractivity (Wildman–Crippen MR) is 125 cm³/mol. The number of nitrogens with zero attached hydrogens (tertiary/aromatic N) is 1. The standard InChI is InChI=1S/C25H34F3N3O2/c1-16(2)6-9-23(32)31-22-13-19(10-11-30-22)18-7-8-21(20(12-18)25(26,27)28)33-15-24(5,29)14-17(3)4/h7-8,10-13,16-17H,6,9,14-15,29H2,1-5H3,(H,30,31,32)/t24-/m0/s1. The predicted octanol–water partition coefficient (Wildman–Crippen LogP) is 6.28. The summed E-state index contributed by atoms with van der Waals surface area (Å²) in [5.41, 5.74) is 5.41. The molecule has 1 amide bonds. The lowest BCUT2D eigenvalue weighted by atomic mass is 9.93. The van der Waals surface area contributed by atoms with E-state index in [0.29, 0.717) is 41.6 Å². The molecule has 0 spiro atoms. The van der Waals surface area contributed by atoms with Crippen molar-refractivity contribution >= 4 is 11.7 Å². The number of rotatable bonds is 10. The van der Waals surface area contributed by atoms with Crippen LogP contribution in [0.15, 0.2) is 36.5 Å². The highest BCUT2D eigenvalue weighted by molar-refractivity contribution is 5.90. The zero-order chi connectivity index (χ0) is 24.8. The Morgan fingerprint density at radius 2 is 1.76 bits per heavy atom. The van der Waals surface area contributed by atoms with E-state index in [2.05, 4.69) is 10.3 Å². The Hall–Kier alpha value is -2.61. The van der Waals surface area contributed by atoms with E-state index < -0.39 is 17.3 Å². The van der Waals surface area contributed by atoms with Crippen LogP contribution >= 0.6 is 0 Å². The molecule has 0 radical (unpaired) electrons. The van der Waals surface area contributed by atoms with E-state index in [0.717, 1.165) is 12.5 Å². The maximum absolute atomic E-state index is 13.8. The van der Waals surface area contributed by atoms with Crippen molar-refractivity contribution in [3.63, 3.8) is 0 Å². The minimum absolute atomic E-state index is 0.0323. The maximum atomic E-state index is 13.8. The van der Waals surface area contributed by atoms with Gasteiger partial charge in [0.25, 0.3) is 0 Å². The Morgan fingerprint density at radius 1 is 1.09 bits per heavy atom. The number of hydrogen-bond acceptors (Lipinski definition) is 4. The van der Waals surface area contributed by atoms with E-state index in [1.807, 2.05) is 27.7 Å². The summed E-state index contributed by atoms with van der Waals surface area (Å²) in [7, 11) is 0. The SMILES string of the molecule is CC(C)CCC(=O)Nc1cc(-c2ccc(OC[C@@](C)(N)CC(C)C)c(C(F)(F)F)c2)ccn1. The van der Waals surface area contributed by atoms with E-state index in [9.17, 15) is 18.0 Å². The van der Waals surface area contributed by atoms with E-state index in [1.165, 1.54) is 12.3 Å². The summed E-state index contributed by atoms with van der Waals surface area (Å²) in [5, 5.41) is 2.71. The molecule has 0 saturated carbocycles. The van der Waals surface area contributed by atoms with Gasteiger partial charge in [-0.3, -0.25) is 4.79 Å². The molecule has 0 unspecified atom stereocenters. The number of alkyl halides is 3. The lowest BCUT2D eigenvalue weighted by molar-refractivity contribution is -0.139. The van der Waals surface area contributed by atoms with E-state index >= 15 is 0 Å². The molecule has 0 aliphatic heterocycles. The van der Waals surface area contributed by atoms with Crippen LogP contribution in [0.25, 0.3) is 11.1 Å². The van der Waals surface area contributed by atoms with Crippen LogP contribution < -0.4 is 15.8 Å². The summed E-state index contributed by atoms with van der Waals surface area (Å²) < 4.78 is 46.9. The third kappa shape index (κ3) is 8.68. The number of halogens is 3. The zero-order valence-corrected chi connectivity index (χ0v) is 19.9. The largest absolute Gasteiger partial charge is 0.491 e. The molecule has 0 saturated heterocycles. The zero-order valence-electron chi connectivity index (χ0n) is 19.9. The molecule has 0 fully saturated rings. The number of hydrogen-bond donors (Lipinski definition) is 2. The Morgan fingerprint density at radius 3 is 2.36 bits per heavy atom. The van der Waals surface area contributed by atoms with Gasteiger partial charge in [-0.2, -0.15) is 13.2 Å². The quantitative estimate of drug-likeness (QED) is 0.433. The van der Waals surface area contributed by atoms with Gasteiger partial charge in [-0.25, -0.2) is 4.98 Å². The van der Waals surface area contributed by atoms with Crippen molar-refractivity contribution in [2.24, 2.45) is 17.6 Å². The molecule has 0 bridgehead atoms. The second-order valence-corrected chi connectivity index (χ2v) is 9.66. The Bertz CT molecular complexity index is 941. The minimum Gasteiger partial charge on any atom is -0.491 e. The van der Waals surface area contributed by atoms with Crippen LogP contribution in [0.1, 0.15) is 59.4 Å². The summed E-state index contributed by atoms with van der Waals surface area (Å²) in [5.74, 6) is 0.531. The Kier molecular flexibility index (Phi) is 8.89. The van der Waals surface area contributed by atoms with Crippen molar-refractivity contribution in [3.05, 3.63) is 42.1 Å². The number of nitrogens with two attached hydrogens (primary N) is 1. The molecule has 33 heavy (non-hydrogen) atoms. The fourth-order valence-electron chi connectivity index (χ4n) is 3.59. The first-order valence-corrected chi connectivity index (χ1v) is 11.2. The molecule has 3 N–H and O–H groups in total. The number of pyridine rings is 1. The third-order valence-corrected chi connectivity index (χ3v) is 5.03. The molecule has 1 aromatic heterocycles. The van der Waals surface area contributed by atoms with Gasteiger partial charge in [-0.05, 0) is 67.0 Å². The van der Waals surface area contributed by atoms with Crippen LogP contribution in [0.5, 0.6) is 5.75 Å². The van der Waals surface area contributed by atoms with Gasteiger partial charge in [-0.15, -0.1) is 0 Å². The fraction of sp³-hybridized carbons (Fsp3) is 0.520. The molecule has 5 nitrogen and oxygen atoms in total. The Balaban J connectivity index is 2.25. The van der Waals surface area contributed by atoms with Gasteiger partial charge in [0.05, 0.1) is 5.56 Å². The smallest absolute Gasteiger partial charge is 0.419 e. The van der Waals surface area contributed by atoms with E-state index in [-0.39, 0.29) is 18.3 Å². The fourth-order valence-corrected chi connectivity index (χ4v) is 3.59. The van der Waals surface area contributed by atoms with Gasteiger partial charge in [0, 0.05) is 18.2 Å². The molecule has 0 aliphatic rings. The van der Waals surface area contributed by atoms with Crippen LogP contribution in [0.3, 0.4) is 0 Å².